The molecule has 0 aliphatic heterocycles. The highest BCUT2D eigenvalue weighted by molar-refractivity contribution is 6.00. The number of nitrogens with zero attached hydrogens (tertiary/aromatic N) is 3. The molecule has 0 saturated carbocycles. The number of benzene rings is 3. The zero-order valence-electron chi connectivity index (χ0n) is 19.8. The van der Waals surface area contributed by atoms with E-state index >= 15 is 0 Å². The second kappa shape index (κ2) is 10.8. The third kappa shape index (κ3) is 5.35. The first-order valence-electron chi connectivity index (χ1n) is 11.3. The van der Waals surface area contributed by atoms with Crippen LogP contribution >= 0.6 is 0 Å². The standard InChI is InChI=1S/C28H30N4O2/c1-31(2)23(18-21-12-6-4-7-13-21)19-29-28(33)25-20-32(22-14-8-5-9-15-22)30-27(25)24-16-10-11-17-26(24)34-3/h4-17,20,23H,18-19H2,1-3H3,(H,29,33)/t23-/m0/s1. The van der Waals surface area contributed by atoms with Crippen molar-refractivity contribution in [2.45, 2.75) is 12.5 Å². The fraction of sp³-hybridized carbons (Fsp3) is 0.214. The van der Waals surface area contributed by atoms with Crippen molar-refractivity contribution in [1.29, 1.82) is 0 Å². The first kappa shape index (κ1) is 23.3. The van der Waals surface area contributed by atoms with Gasteiger partial charge in [0.15, 0.2) is 0 Å². The third-order valence-electron chi connectivity index (χ3n) is 5.88. The van der Waals surface area contributed by atoms with Crippen molar-refractivity contribution >= 4 is 5.91 Å². The summed E-state index contributed by atoms with van der Waals surface area (Å²) in [6.45, 7) is 0.516. The average Bonchev–Trinajstić information content (AvgIpc) is 3.33. The summed E-state index contributed by atoms with van der Waals surface area (Å²) in [5.74, 6) is 0.508. The van der Waals surface area contributed by atoms with E-state index in [0.717, 1.165) is 17.7 Å². The highest BCUT2D eigenvalue weighted by atomic mass is 16.5. The lowest BCUT2D eigenvalue weighted by Gasteiger charge is -2.24. The minimum atomic E-state index is -0.164. The van der Waals surface area contributed by atoms with Gasteiger partial charge in [0.1, 0.15) is 11.4 Å². The largest absolute Gasteiger partial charge is 0.496 e. The number of amides is 1. The van der Waals surface area contributed by atoms with Crippen molar-refractivity contribution in [3.05, 3.63) is 102 Å². The number of nitrogens with one attached hydrogen (secondary N) is 1. The number of likely N-dealkylation sites (N-methyl/N-ethyl adjacent to an activating group) is 1. The molecule has 0 unspecified atom stereocenters. The summed E-state index contributed by atoms with van der Waals surface area (Å²) in [6.07, 6.45) is 2.63. The van der Waals surface area contributed by atoms with Crippen LogP contribution in [0.4, 0.5) is 0 Å². The van der Waals surface area contributed by atoms with E-state index in [-0.39, 0.29) is 11.9 Å². The Morgan fingerprint density at radius 3 is 2.29 bits per heavy atom. The maximum atomic E-state index is 13.4. The van der Waals surface area contributed by atoms with Gasteiger partial charge in [-0.05, 0) is 50.3 Å². The molecule has 0 fully saturated rings. The van der Waals surface area contributed by atoms with Crippen molar-refractivity contribution in [3.63, 3.8) is 0 Å². The molecule has 34 heavy (non-hydrogen) atoms. The fourth-order valence-corrected chi connectivity index (χ4v) is 3.92. The highest BCUT2D eigenvalue weighted by Crippen LogP contribution is 2.31. The van der Waals surface area contributed by atoms with Crippen molar-refractivity contribution < 1.29 is 9.53 Å². The molecule has 0 bridgehead atoms. The first-order chi connectivity index (χ1) is 16.6. The summed E-state index contributed by atoms with van der Waals surface area (Å²) >= 11 is 0. The number of hydrogen-bond acceptors (Lipinski definition) is 4. The van der Waals surface area contributed by atoms with Gasteiger partial charge in [0.25, 0.3) is 5.91 Å². The molecule has 6 nitrogen and oxygen atoms in total. The van der Waals surface area contributed by atoms with E-state index in [1.807, 2.05) is 86.9 Å². The zero-order valence-corrected chi connectivity index (χ0v) is 19.8. The summed E-state index contributed by atoms with van der Waals surface area (Å²) in [4.78, 5) is 15.6. The van der Waals surface area contributed by atoms with E-state index in [4.69, 9.17) is 9.84 Å². The van der Waals surface area contributed by atoms with Crippen LogP contribution in [0, 0.1) is 0 Å². The van der Waals surface area contributed by atoms with Crippen molar-refractivity contribution in [1.82, 2.24) is 20.0 Å². The molecule has 4 aromatic rings. The van der Waals surface area contributed by atoms with Gasteiger partial charge in [-0.25, -0.2) is 4.68 Å². The van der Waals surface area contributed by atoms with Crippen LogP contribution in [-0.2, 0) is 6.42 Å². The Hall–Kier alpha value is -3.90. The lowest BCUT2D eigenvalue weighted by Crippen LogP contribution is -2.41. The maximum Gasteiger partial charge on any atom is 0.255 e. The lowest BCUT2D eigenvalue weighted by molar-refractivity contribution is 0.0942. The van der Waals surface area contributed by atoms with Gasteiger partial charge in [-0.3, -0.25) is 4.79 Å². The van der Waals surface area contributed by atoms with E-state index in [1.165, 1.54) is 5.56 Å². The van der Waals surface area contributed by atoms with Crippen LogP contribution in [-0.4, -0.2) is 54.4 Å². The van der Waals surface area contributed by atoms with Crippen LogP contribution in [0.15, 0.2) is 91.1 Å². The quantitative estimate of drug-likeness (QED) is 0.406. The number of hydrogen-bond donors (Lipinski definition) is 1. The van der Waals surface area contributed by atoms with Gasteiger partial charge in [0, 0.05) is 24.3 Å². The van der Waals surface area contributed by atoms with E-state index in [1.54, 1.807) is 18.0 Å². The fourth-order valence-electron chi connectivity index (χ4n) is 3.92. The van der Waals surface area contributed by atoms with E-state index < -0.39 is 0 Å². The predicted molar refractivity (Wildman–Crippen MR) is 136 cm³/mol. The molecule has 4 rings (SSSR count). The monoisotopic (exact) mass is 454 g/mol. The van der Waals surface area contributed by atoms with E-state index in [0.29, 0.717) is 23.6 Å². The van der Waals surface area contributed by atoms with Gasteiger partial charge in [-0.1, -0.05) is 60.7 Å². The van der Waals surface area contributed by atoms with Gasteiger partial charge < -0.3 is 15.0 Å². The minimum absolute atomic E-state index is 0.158. The molecule has 0 radical (unpaired) electrons. The Kier molecular flexibility index (Phi) is 7.40. The Morgan fingerprint density at radius 1 is 0.971 bits per heavy atom. The number of rotatable bonds is 9. The average molecular weight is 455 g/mol. The molecule has 1 N–H and O–H groups in total. The number of methoxy groups -OCH3 is 1. The SMILES string of the molecule is COc1ccccc1-c1nn(-c2ccccc2)cc1C(=O)NC[C@H](Cc1ccccc1)N(C)C. The number of para-hydroxylation sites is 2. The normalized spacial score (nSPS) is 11.9. The smallest absolute Gasteiger partial charge is 0.255 e. The zero-order chi connectivity index (χ0) is 23.9. The summed E-state index contributed by atoms with van der Waals surface area (Å²) in [5.41, 5.74) is 3.99. The summed E-state index contributed by atoms with van der Waals surface area (Å²) in [6, 6.07) is 27.9. The highest BCUT2D eigenvalue weighted by Gasteiger charge is 2.22. The molecule has 1 heterocycles. The lowest BCUT2D eigenvalue weighted by atomic mass is 10.0. The Balaban J connectivity index is 1.62. The third-order valence-corrected chi connectivity index (χ3v) is 5.88. The first-order valence-corrected chi connectivity index (χ1v) is 11.3. The molecule has 1 atom stereocenters. The van der Waals surface area contributed by atoms with Crippen molar-refractivity contribution in [3.8, 4) is 22.7 Å². The van der Waals surface area contributed by atoms with Gasteiger partial charge in [0.05, 0.1) is 18.4 Å². The van der Waals surface area contributed by atoms with Gasteiger partial charge >= 0.3 is 0 Å². The number of carbonyl (C=O) groups excluding carboxylic acids is 1. The molecule has 0 aliphatic carbocycles. The van der Waals surface area contributed by atoms with Crippen molar-refractivity contribution in [2.24, 2.45) is 0 Å². The van der Waals surface area contributed by atoms with Crippen LogP contribution in [0.2, 0.25) is 0 Å². The Bertz CT molecular complexity index is 1220. The minimum Gasteiger partial charge on any atom is -0.496 e. The van der Waals surface area contributed by atoms with Gasteiger partial charge in [-0.15, -0.1) is 0 Å². The van der Waals surface area contributed by atoms with E-state index in [9.17, 15) is 4.79 Å². The molecule has 0 saturated heterocycles. The number of aromatic nitrogens is 2. The van der Waals surface area contributed by atoms with Crippen LogP contribution in [0.25, 0.3) is 16.9 Å². The van der Waals surface area contributed by atoms with Crippen LogP contribution < -0.4 is 10.1 Å². The summed E-state index contributed by atoms with van der Waals surface area (Å²) in [7, 11) is 5.69. The summed E-state index contributed by atoms with van der Waals surface area (Å²) < 4.78 is 7.30. The van der Waals surface area contributed by atoms with Gasteiger partial charge in [-0.2, -0.15) is 5.10 Å². The second-order valence-corrected chi connectivity index (χ2v) is 8.39. The Morgan fingerprint density at radius 2 is 1.62 bits per heavy atom. The second-order valence-electron chi connectivity index (χ2n) is 8.39. The molecule has 174 valence electrons. The Labute approximate surface area is 200 Å². The molecular weight excluding hydrogens is 424 g/mol. The van der Waals surface area contributed by atoms with Crippen LogP contribution in [0.5, 0.6) is 5.75 Å². The van der Waals surface area contributed by atoms with E-state index in [2.05, 4.69) is 22.3 Å². The number of carbonyl (C=O) groups is 1. The molecular formula is C28H30N4O2. The molecule has 3 aromatic carbocycles. The molecule has 6 heteroatoms. The molecule has 1 aromatic heterocycles. The topological polar surface area (TPSA) is 59.4 Å². The maximum absolute atomic E-state index is 13.4. The molecule has 0 aliphatic rings. The molecule has 1 amide bonds. The number of ether oxygens (including phenoxy) is 1. The molecule has 0 spiro atoms. The summed E-state index contributed by atoms with van der Waals surface area (Å²) in [5, 5.41) is 7.91. The predicted octanol–water partition coefficient (Wildman–Crippen LogP) is 4.45. The van der Waals surface area contributed by atoms with Crippen LogP contribution in [0.3, 0.4) is 0 Å². The van der Waals surface area contributed by atoms with Crippen LogP contribution in [0.1, 0.15) is 15.9 Å². The van der Waals surface area contributed by atoms with Gasteiger partial charge in [0.2, 0.25) is 0 Å². The van der Waals surface area contributed by atoms with Crippen molar-refractivity contribution in [2.75, 3.05) is 27.7 Å².